The maximum Gasteiger partial charge on any atom is 0.276 e. The van der Waals surface area contributed by atoms with E-state index in [-0.39, 0.29) is 5.69 Å². The van der Waals surface area contributed by atoms with E-state index in [9.17, 15) is 10.1 Å². The van der Waals surface area contributed by atoms with Gasteiger partial charge >= 0.3 is 0 Å². The predicted molar refractivity (Wildman–Crippen MR) is 87.9 cm³/mol. The molecule has 2 aromatic heterocycles. The van der Waals surface area contributed by atoms with Gasteiger partial charge in [0.1, 0.15) is 12.1 Å². The van der Waals surface area contributed by atoms with Crippen molar-refractivity contribution in [2.24, 2.45) is 0 Å². The van der Waals surface area contributed by atoms with E-state index >= 15 is 0 Å². The monoisotopic (exact) mass is 322 g/mol. The molecule has 24 heavy (non-hydrogen) atoms. The summed E-state index contributed by atoms with van der Waals surface area (Å²) in [6, 6.07) is 8.48. The number of nitrogens with zero attached hydrogens (tertiary/aromatic N) is 4. The van der Waals surface area contributed by atoms with Crippen LogP contribution in [0.25, 0.3) is 11.3 Å². The highest BCUT2D eigenvalue weighted by Gasteiger charge is 2.19. The van der Waals surface area contributed by atoms with Crippen molar-refractivity contribution in [3.05, 3.63) is 70.3 Å². The topological polar surface area (TPSA) is 91.0 Å². The average Bonchev–Trinajstić information content (AvgIpc) is 2.59. The Morgan fingerprint density at radius 3 is 2.62 bits per heavy atom. The summed E-state index contributed by atoms with van der Waals surface area (Å²) in [7, 11) is 0. The van der Waals surface area contributed by atoms with Crippen molar-refractivity contribution in [1.82, 2.24) is 15.0 Å². The normalized spacial score (nSPS) is 10.4. The van der Waals surface area contributed by atoms with E-state index in [0.29, 0.717) is 28.5 Å². The third kappa shape index (κ3) is 2.91. The standard InChI is InChI=1S/C17H14N4O3/c1-11-5-6-15(21(22)23)12(2)16(11)24-17-13(4-3-8-19-17)14-7-9-18-10-20-14/h3-10H,1-2H3. The van der Waals surface area contributed by atoms with Crippen molar-refractivity contribution in [3.8, 4) is 22.9 Å². The van der Waals surface area contributed by atoms with Crippen LogP contribution < -0.4 is 4.74 Å². The maximum atomic E-state index is 11.1. The van der Waals surface area contributed by atoms with Crippen LogP contribution >= 0.6 is 0 Å². The second-order valence-electron chi connectivity index (χ2n) is 5.17. The lowest BCUT2D eigenvalue weighted by Crippen LogP contribution is -1.99. The molecule has 0 radical (unpaired) electrons. The summed E-state index contributed by atoms with van der Waals surface area (Å²) in [5.74, 6) is 0.765. The molecule has 0 saturated carbocycles. The molecule has 2 heterocycles. The van der Waals surface area contributed by atoms with Crippen LogP contribution in [0, 0.1) is 24.0 Å². The third-order valence-corrected chi connectivity index (χ3v) is 3.60. The highest BCUT2D eigenvalue weighted by Crippen LogP contribution is 2.36. The summed E-state index contributed by atoms with van der Waals surface area (Å²) >= 11 is 0. The SMILES string of the molecule is Cc1ccc([N+](=O)[O-])c(C)c1Oc1ncccc1-c1ccncn1. The van der Waals surface area contributed by atoms with Crippen molar-refractivity contribution < 1.29 is 9.66 Å². The fourth-order valence-electron chi connectivity index (χ4n) is 2.39. The fraction of sp³-hybridized carbons (Fsp3) is 0.118. The van der Waals surface area contributed by atoms with E-state index in [4.69, 9.17) is 4.74 Å². The molecule has 0 bridgehead atoms. The molecule has 0 spiro atoms. The molecule has 120 valence electrons. The van der Waals surface area contributed by atoms with Gasteiger partial charge in [0.05, 0.1) is 21.7 Å². The summed E-state index contributed by atoms with van der Waals surface area (Å²) in [6.45, 7) is 3.49. The van der Waals surface area contributed by atoms with Gasteiger partial charge in [-0.05, 0) is 43.7 Å². The highest BCUT2D eigenvalue weighted by molar-refractivity contribution is 5.65. The minimum Gasteiger partial charge on any atom is -0.437 e. The van der Waals surface area contributed by atoms with Gasteiger partial charge in [0, 0.05) is 18.5 Å². The number of nitro groups is 1. The van der Waals surface area contributed by atoms with E-state index in [1.807, 2.05) is 13.0 Å². The van der Waals surface area contributed by atoms with E-state index < -0.39 is 4.92 Å². The molecule has 3 aromatic rings. The number of benzene rings is 1. The molecule has 3 rings (SSSR count). The molecule has 0 amide bonds. The number of hydrogen-bond acceptors (Lipinski definition) is 6. The molecular formula is C17H14N4O3. The van der Waals surface area contributed by atoms with Gasteiger partial charge in [0.15, 0.2) is 0 Å². The van der Waals surface area contributed by atoms with E-state index in [1.165, 1.54) is 12.4 Å². The smallest absolute Gasteiger partial charge is 0.276 e. The lowest BCUT2D eigenvalue weighted by molar-refractivity contribution is -0.385. The minimum absolute atomic E-state index is 0.00937. The van der Waals surface area contributed by atoms with Crippen LogP contribution in [0.4, 0.5) is 5.69 Å². The van der Waals surface area contributed by atoms with Gasteiger partial charge in [-0.2, -0.15) is 0 Å². The second-order valence-corrected chi connectivity index (χ2v) is 5.17. The van der Waals surface area contributed by atoms with Crippen LogP contribution in [0.1, 0.15) is 11.1 Å². The molecule has 0 aliphatic rings. The maximum absolute atomic E-state index is 11.1. The summed E-state index contributed by atoms with van der Waals surface area (Å²) in [4.78, 5) is 23.1. The van der Waals surface area contributed by atoms with Crippen LogP contribution in [-0.4, -0.2) is 19.9 Å². The molecular weight excluding hydrogens is 308 g/mol. The van der Waals surface area contributed by atoms with Gasteiger partial charge in [-0.25, -0.2) is 15.0 Å². The molecule has 0 unspecified atom stereocenters. The highest BCUT2D eigenvalue weighted by atomic mass is 16.6. The Labute approximate surface area is 138 Å². The first-order valence-electron chi connectivity index (χ1n) is 7.22. The Hall–Kier alpha value is -3.35. The van der Waals surface area contributed by atoms with E-state index in [1.54, 1.807) is 37.5 Å². The Morgan fingerprint density at radius 1 is 1.08 bits per heavy atom. The summed E-state index contributed by atoms with van der Waals surface area (Å²) < 4.78 is 5.94. The van der Waals surface area contributed by atoms with Crippen molar-refractivity contribution >= 4 is 5.69 Å². The number of hydrogen-bond donors (Lipinski definition) is 0. The summed E-state index contributed by atoms with van der Waals surface area (Å²) in [6.07, 6.45) is 4.67. The number of nitro benzene ring substituents is 1. The largest absolute Gasteiger partial charge is 0.437 e. The Kier molecular flexibility index (Phi) is 4.15. The van der Waals surface area contributed by atoms with Crippen molar-refractivity contribution in [3.63, 3.8) is 0 Å². The van der Waals surface area contributed by atoms with Gasteiger partial charge in [-0.15, -0.1) is 0 Å². The molecule has 0 aliphatic carbocycles. The van der Waals surface area contributed by atoms with Gasteiger partial charge in [-0.1, -0.05) is 0 Å². The fourth-order valence-corrected chi connectivity index (χ4v) is 2.39. The Morgan fingerprint density at radius 2 is 1.92 bits per heavy atom. The number of pyridine rings is 1. The Bertz CT molecular complexity index is 898. The van der Waals surface area contributed by atoms with Crippen LogP contribution in [0.2, 0.25) is 0 Å². The zero-order valence-corrected chi connectivity index (χ0v) is 13.1. The second kappa shape index (κ2) is 6.41. The number of aryl methyl sites for hydroxylation is 1. The number of aromatic nitrogens is 3. The van der Waals surface area contributed by atoms with Crippen LogP contribution in [-0.2, 0) is 0 Å². The molecule has 0 saturated heterocycles. The van der Waals surface area contributed by atoms with Gasteiger partial charge in [0.2, 0.25) is 5.88 Å². The average molecular weight is 322 g/mol. The van der Waals surface area contributed by atoms with Crippen molar-refractivity contribution in [2.75, 3.05) is 0 Å². The summed E-state index contributed by atoms with van der Waals surface area (Å²) in [5.41, 5.74) is 2.60. The Balaban J connectivity index is 2.08. The lowest BCUT2D eigenvalue weighted by atomic mass is 10.1. The van der Waals surface area contributed by atoms with Crippen LogP contribution in [0.5, 0.6) is 11.6 Å². The number of ether oxygens (including phenoxy) is 1. The first-order valence-corrected chi connectivity index (χ1v) is 7.22. The zero-order chi connectivity index (χ0) is 17.1. The molecule has 0 aliphatic heterocycles. The lowest BCUT2D eigenvalue weighted by Gasteiger charge is -2.13. The first kappa shape index (κ1) is 15.5. The molecule has 0 fully saturated rings. The van der Waals surface area contributed by atoms with E-state index in [0.717, 1.165) is 5.56 Å². The molecule has 0 N–H and O–H groups in total. The van der Waals surface area contributed by atoms with Gasteiger partial charge < -0.3 is 4.74 Å². The number of rotatable bonds is 4. The van der Waals surface area contributed by atoms with Crippen molar-refractivity contribution in [1.29, 1.82) is 0 Å². The zero-order valence-electron chi connectivity index (χ0n) is 13.1. The molecule has 1 aromatic carbocycles. The minimum atomic E-state index is -0.425. The van der Waals surface area contributed by atoms with Crippen LogP contribution in [0.15, 0.2) is 49.1 Å². The van der Waals surface area contributed by atoms with E-state index in [2.05, 4.69) is 15.0 Å². The third-order valence-electron chi connectivity index (χ3n) is 3.60. The summed E-state index contributed by atoms with van der Waals surface area (Å²) in [5, 5.41) is 11.1. The van der Waals surface area contributed by atoms with Crippen molar-refractivity contribution in [2.45, 2.75) is 13.8 Å². The van der Waals surface area contributed by atoms with Gasteiger partial charge in [-0.3, -0.25) is 10.1 Å². The first-order chi connectivity index (χ1) is 11.6. The quantitative estimate of drug-likeness (QED) is 0.535. The predicted octanol–water partition coefficient (Wildman–Crippen LogP) is 3.86. The van der Waals surface area contributed by atoms with Gasteiger partial charge in [0.25, 0.3) is 5.69 Å². The molecule has 7 heteroatoms. The van der Waals surface area contributed by atoms with Crippen LogP contribution in [0.3, 0.4) is 0 Å². The molecule has 0 atom stereocenters. The molecule has 7 nitrogen and oxygen atoms in total.